The molecule has 2 fully saturated rings. The van der Waals surface area contributed by atoms with E-state index in [0.717, 1.165) is 12.8 Å². The van der Waals surface area contributed by atoms with E-state index >= 15 is 0 Å². The highest BCUT2D eigenvalue weighted by atomic mass is 19.1. The van der Waals surface area contributed by atoms with Gasteiger partial charge in [-0.3, -0.25) is 9.69 Å². The number of nitrogens with zero attached hydrogens (tertiary/aromatic N) is 3. The number of nitriles is 1. The fraction of sp³-hybridized carbons (Fsp3) is 0.500. The normalized spacial score (nSPS) is 32.0. The molecule has 1 aromatic carbocycles. The lowest BCUT2D eigenvalue weighted by molar-refractivity contribution is -0.146. The van der Waals surface area contributed by atoms with Crippen molar-refractivity contribution in [2.45, 2.75) is 30.9 Å². The first-order valence-corrected chi connectivity index (χ1v) is 8.41. The van der Waals surface area contributed by atoms with Crippen LogP contribution in [0.15, 0.2) is 23.2 Å². The van der Waals surface area contributed by atoms with Crippen LogP contribution in [-0.4, -0.2) is 36.5 Å². The highest BCUT2D eigenvalue weighted by molar-refractivity contribution is 6.00. The topological polar surface area (TPSA) is 91.7 Å². The molecule has 2 aliphatic heterocycles. The monoisotopic (exact) mass is 342 g/mol. The van der Waals surface area contributed by atoms with Gasteiger partial charge in [0.2, 0.25) is 5.91 Å². The number of aliphatic imine (C=N–C) groups is 1. The Morgan fingerprint density at radius 2 is 2.24 bits per heavy atom. The molecule has 1 saturated heterocycles. The van der Waals surface area contributed by atoms with Crippen molar-refractivity contribution in [2.75, 3.05) is 13.7 Å². The molecule has 1 aliphatic carbocycles. The maximum atomic E-state index is 14.7. The zero-order valence-electron chi connectivity index (χ0n) is 13.9. The molecule has 0 bridgehead atoms. The summed E-state index contributed by atoms with van der Waals surface area (Å²) in [5.41, 5.74) is 5.24. The van der Waals surface area contributed by atoms with Gasteiger partial charge in [-0.05, 0) is 43.4 Å². The SMILES string of the molecule is CN1C(=O)[C@@H]2C[C@H](C3CC3)OC[C@]2(c2cc(C#N)ccc2F)N=C1N. The minimum atomic E-state index is -1.21. The van der Waals surface area contributed by atoms with E-state index in [1.54, 1.807) is 7.05 Å². The molecule has 3 aliphatic rings. The fourth-order valence-electron chi connectivity index (χ4n) is 3.92. The number of guanidine groups is 1. The molecule has 0 radical (unpaired) electrons. The van der Waals surface area contributed by atoms with Gasteiger partial charge in [0, 0.05) is 12.6 Å². The summed E-state index contributed by atoms with van der Waals surface area (Å²) in [5, 5.41) is 9.17. The van der Waals surface area contributed by atoms with Gasteiger partial charge < -0.3 is 10.5 Å². The summed E-state index contributed by atoms with van der Waals surface area (Å²) in [7, 11) is 1.58. The molecule has 25 heavy (non-hydrogen) atoms. The quantitative estimate of drug-likeness (QED) is 0.881. The number of carbonyl (C=O) groups is 1. The predicted octanol–water partition coefficient (Wildman–Crippen LogP) is 1.49. The van der Waals surface area contributed by atoms with Crippen LogP contribution >= 0.6 is 0 Å². The van der Waals surface area contributed by atoms with Crippen LogP contribution in [0.3, 0.4) is 0 Å². The van der Waals surface area contributed by atoms with E-state index in [9.17, 15) is 14.4 Å². The Labute approximate surface area is 145 Å². The van der Waals surface area contributed by atoms with Gasteiger partial charge in [0.1, 0.15) is 11.4 Å². The summed E-state index contributed by atoms with van der Waals surface area (Å²) in [6.45, 7) is 0.0882. The van der Waals surface area contributed by atoms with Crippen molar-refractivity contribution >= 4 is 11.9 Å². The highest BCUT2D eigenvalue weighted by Gasteiger charge is 2.56. The molecule has 0 spiro atoms. The Morgan fingerprint density at radius 1 is 1.48 bits per heavy atom. The number of amides is 1. The zero-order chi connectivity index (χ0) is 17.8. The van der Waals surface area contributed by atoms with Crippen molar-refractivity contribution < 1.29 is 13.9 Å². The van der Waals surface area contributed by atoms with E-state index in [2.05, 4.69) is 4.99 Å². The third-order valence-corrected chi connectivity index (χ3v) is 5.56. The van der Waals surface area contributed by atoms with Crippen LogP contribution in [-0.2, 0) is 15.1 Å². The molecule has 1 amide bonds. The van der Waals surface area contributed by atoms with Gasteiger partial charge in [-0.15, -0.1) is 0 Å². The van der Waals surface area contributed by atoms with Gasteiger partial charge in [-0.2, -0.15) is 5.26 Å². The van der Waals surface area contributed by atoms with E-state index in [0.29, 0.717) is 17.9 Å². The lowest BCUT2D eigenvalue weighted by Crippen LogP contribution is -2.60. The molecule has 130 valence electrons. The van der Waals surface area contributed by atoms with Crippen LogP contribution in [0, 0.1) is 29.0 Å². The van der Waals surface area contributed by atoms with Crippen LogP contribution in [0.1, 0.15) is 30.4 Å². The third-order valence-electron chi connectivity index (χ3n) is 5.56. The Bertz CT molecular complexity index is 814. The minimum Gasteiger partial charge on any atom is -0.375 e. The Morgan fingerprint density at radius 3 is 2.92 bits per heavy atom. The van der Waals surface area contributed by atoms with E-state index in [-0.39, 0.29) is 30.1 Å². The predicted molar refractivity (Wildman–Crippen MR) is 87.8 cm³/mol. The molecule has 2 N–H and O–H groups in total. The lowest BCUT2D eigenvalue weighted by Gasteiger charge is -2.47. The first-order valence-electron chi connectivity index (χ1n) is 8.41. The van der Waals surface area contributed by atoms with Gasteiger partial charge in [-0.25, -0.2) is 9.38 Å². The van der Waals surface area contributed by atoms with Crippen molar-refractivity contribution in [1.29, 1.82) is 5.26 Å². The number of nitrogens with two attached hydrogens (primary N) is 1. The van der Waals surface area contributed by atoms with Crippen LogP contribution in [0.5, 0.6) is 0 Å². The maximum absolute atomic E-state index is 14.7. The second-order valence-electron chi connectivity index (χ2n) is 7.07. The van der Waals surface area contributed by atoms with E-state index < -0.39 is 17.3 Å². The molecule has 6 nitrogen and oxygen atoms in total. The highest BCUT2D eigenvalue weighted by Crippen LogP contribution is 2.49. The molecule has 1 aromatic rings. The van der Waals surface area contributed by atoms with Crippen LogP contribution in [0.2, 0.25) is 0 Å². The number of halogens is 1. The number of carbonyl (C=O) groups excluding carboxylic acids is 1. The van der Waals surface area contributed by atoms with Gasteiger partial charge in [-0.1, -0.05) is 0 Å². The van der Waals surface area contributed by atoms with E-state index in [1.165, 1.54) is 23.1 Å². The maximum Gasteiger partial charge on any atom is 0.235 e. The second-order valence-corrected chi connectivity index (χ2v) is 7.07. The molecule has 1 saturated carbocycles. The number of hydrogen-bond acceptors (Lipinski definition) is 5. The average Bonchev–Trinajstić information content (AvgIpc) is 3.45. The van der Waals surface area contributed by atoms with E-state index in [4.69, 9.17) is 10.5 Å². The number of benzene rings is 1. The smallest absolute Gasteiger partial charge is 0.235 e. The number of rotatable bonds is 2. The summed E-state index contributed by atoms with van der Waals surface area (Å²) in [4.78, 5) is 18.8. The van der Waals surface area contributed by atoms with Crippen LogP contribution in [0.25, 0.3) is 0 Å². The van der Waals surface area contributed by atoms with Crippen molar-refractivity contribution in [2.24, 2.45) is 22.6 Å². The first kappa shape index (κ1) is 16.0. The summed E-state index contributed by atoms with van der Waals surface area (Å²) >= 11 is 0. The summed E-state index contributed by atoms with van der Waals surface area (Å²) in [5.74, 6) is -0.728. The number of fused-ring (bicyclic) bond motifs is 1. The standard InChI is InChI=1S/C18H19FN4O2/c1-23-16(24)13-7-15(11-3-4-11)25-9-18(13,22-17(23)21)12-6-10(8-20)2-5-14(12)19/h2,5-6,11,13,15H,3-4,7,9H2,1H3,(H2,21,22)/t13-,15+,18+/m0/s1. The number of ether oxygens (including phenoxy) is 1. The van der Waals surface area contributed by atoms with Crippen molar-refractivity contribution in [3.05, 3.63) is 35.1 Å². The second kappa shape index (κ2) is 5.53. The first-order chi connectivity index (χ1) is 12.0. The Kier molecular flexibility index (Phi) is 3.55. The number of hydrogen-bond donors (Lipinski definition) is 1. The van der Waals surface area contributed by atoms with E-state index in [1.807, 2.05) is 6.07 Å². The molecule has 0 aromatic heterocycles. The summed E-state index contributed by atoms with van der Waals surface area (Å²) in [6.07, 6.45) is 2.67. The minimum absolute atomic E-state index is 0.00721. The summed E-state index contributed by atoms with van der Waals surface area (Å²) < 4.78 is 20.7. The molecule has 0 unspecified atom stereocenters. The summed E-state index contributed by atoms with van der Waals surface area (Å²) in [6, 6.07) is 6.11. The molecule has 7 heteroatoms. The van der Waals surface area contributed by atoms with Gasteiger partial charge in [0.15, 0.2) is 5.96 Å². The van der Waals surface area contributed by atoms with Crippen LogP contribution < -0.4 is 5.73 Å². The van der Waals surface area contributed by atoms with Crippen molar-refractivity contribution in [3.63, 3.8) is 0 Å². The average molecular weight is 342 g/mol. The van der Waals surface area contributed by atoms with Gasteiger partial charge in [0.05, 0.1) is 30.3 Å². The zero-order valence-corrected chi connectivity index (χ0v) is 13.9. The third kappa shape index (κ3) is 2.40. The van der Waals surface area contributed by atoms with Crippen molar-refractivity contribution in [3.8, 4) is 6.07 Å². The fourth-order valence-corrected chi connectivity index (χ4v) is 3.92. The van der Waals surface area contributed by atoms with Gasteiger partial charge in [0.25, 0.3) is 0 Å². The van der Waals surface area contributed by atoms with Crippen molar-refractivity contribution in [1.82, 2.24) is 4.90 Å². The molecule has 2 heterocycles. The van der Waals surface area contributed by atoms with Crippen LogP contribution in [0.4, 0.5) is 4.39 Å². The Hall–Kier alpha value is -2.46. The largest absolute Gasteiger partial charge is 0.375 e. The Balaban J connectivity index is 1.86. The molecular weight excluding hydrogens is 323 g/mol. The van der Waals surface area contributed by atoms with Gasteiger partial charge >= 0.3 is 0 Å². The molecular formula is C18H19FN4O2. The molecule has 4 rings (SSSR count). The lowest BCUT2D eigenvalue weighted by atomic mass is 9.72. The molecule has 3 atom stereocenters.